The van der Waals surface area contributed by atoms with Gasteiger partial charge in [0, 0.05) is 50.1 Å². The van der Waals surface area contributed by atoms with Crippen LogP contribution in [-0.4, -0.2) is 0 Å². The molecule has 0 saturated heterocycles. The zero-order valence-corrected chi connectivity index (χ0v) is 78.7. The van der Waals surface area contributed by atoms with E-state index >= 15 is 0 Å². The van der Waals surface area contributed by atoms with E-state index in [-0.39, 0.29) is 16.2 Å². The molecular formula is C135H104N2. The Morgan fingerprint density at radius 1 is 0.161 bits per heavy atom. The maximum Gasteiger partial charge on any atom is 0.0720 e. The van der Waals surface area contributed by atoms with Crippen molar-refractivity contribution in [1.29, 1.82) is 0 Å². The summed E-state index contributed by atoms with van der Waals surface area (Å²) in [7, 11) is 0. The predicted molar refractivity (Wildman–Crippen MR) is 574 cm³/mol. The first kappa shape index (κ1) is 82.9. The highest BCUT2D eigenvalue weighted by Crippen LogP contribution is 2.66. The standard InChI is InChI=1S/C68H53N.C67H51N/c1-44-40-49(47-34-32-46(33-35-47)45-20-8-6-9-21-45)41-56(48-22-10-7-11-23-48)65(44)69(50-36-38-54-52-24-12-14-26-57(52)66(2,3)63(54)42-50)51-37-39-55-53-25-13-15-27-58(53)68(64(55)43-51)61-30-18-16-28-59(61)67(4,5)60-29-17-19-31-62(60)68;1-44-40-51(47-32-30-46(31-33-47)45-18-6-4-7-19-45)41-58(48-20-8-5-9-21-48)65(44)68(52-36-38-56-54-24-12-16-28-61(54)66(2,3)63(56)42-52)53-37-39-57-55-25-13-17-29-62(55)67(64(57)43-53)59-26-14-10-22-49(59)34-35-50-23-11-15-27-60(50)67/h6-43H,1-5H3;4-33,36-43H,34-35H2,1-3H3. The third kappa shape index (κ3) is 12.8. The maximum absolute atomic E-state index is 2.59. The van der Waals surface area contributed by atoms with E-state index < -0.39 is 10.8 Å². The Morgan fingerprint density at radius 2 is 0.394 bits per heavy atom. The monoisotopic (exact) mass is 1750 g/mol. The Labute approximate surface area is 805 Å². The highest BCUT2D eigenvalue weighted by molar-refractivity contribution is 6.00. The molecule has 0 aliphatic heterocycles. The second-order valence-electron chi connectivity index (χ2n) is 40.1. The first-order valence-electron chi connectivity index (χ1n) is 48.7. The van der Waals surface area contributed by atoms with E-state index in [9.17, 15) is 0 Å². The van der Waals surface area contributed by atoms with Crippen molar-refractivity contribution in [2.75, 3.05) is 9.80 Å². The van der Waals surface area contributed by atoms with Crippen molar-refractivity contribution in [1.82, 2.24) is 0 Å². The molecule has 0 N–H and O–H groups in total. The van der Waals surface area contributed by atoms with Gasteiger partial charge in [0.15, 0.2) is 0 Å². The van der Waals surface area contributed by atoms with Gasteiger partial charge in [0.05, 0.1) is 22.2 Å². The van der Waals surface area contributed by atoms with Crippen molar-refractivity contribution in [2.45, 2.75) is 95.3 Å². The Kier molecular flexibility index (Phi) is 19.4. The van der Waals surface area contributed by atoms with Gasteiger partial charge >= 0.3 is 0 Å². The van der Waals surface area contributed by atoms with E-state index in [4.69, 9.17) is 0 Å². The van der Waals surface area contributed by atoms with Gasteiger partial charge in [-0.25, -0.2) is 0 Å². The molecule has 0 heterocycles. The Morgan fingerprint density at radius 3 is 0.745 bits per heavy atom. The minimum absolute atomic E-state index is 0.169. The molecule has 20 aromatic carbocycles. The van der Waals surface area contributed by atoms with Crippen molar-refractivity contribution in [3.05, 3.63) is 561 Å². The lowest BCUT2D eigenvalue weighted by Gasteiger charge is -2.46. The third-order valence-electron chi connectivity index (χ3n) is 31.6. The van der Waals surface area contributed by atoms with Gasteiger partial charge in [0.25, 0.3) is 0 Å². The van der Waals surface area contributed by atoms with Crippen molar-refractivity contribution in [2.24, 2.45) is 0 Å². The second kappa shape index (κ2) is 32.1. The molecule has 20 aromatic rings. The van der Waals surface area contributed by atoms with Crippen LogP contribution in [0, 0.1) is 13.8 Å². The fourth-order valence-corrected chi connectivity index (χ4v) is 25.2. The molecule has 0 aromatic heterocycles. The van der Waals surface area contributed by atoms with E-state index in [2.05, 4.69) is 526 Å². The highest BCUT2D eigenvalue weighted by Gasteiger charge is 2.55. The third-order valence-corrected chi connectivity index (χ3v) is 31.6. The average molecular weight is 1750 g/mol. The number of fused-ring (bicyclic) bond motifs is 24. The number of aryl methyl sites for hydroxylation is 4. The molecule has 2 nitrogen and oxygen atoms in total. The summed E-state index contributed by atoms with van der Waals surface area (Å²) in [4.78, 5) is 5.17. The van der Waals surface area contributed by atoms with Gasteiger partial charge in [-0.15, -0.1) is 0 Å². The van der Waals surface area contributed by atoms with E-state index in [0.717, 1.165) is 35.6 Å². The van der Waals surface area contributed by atoms with E-state index in [1.54, 1.807) is 0 Å². The van der Waals surface area contributed by atoms with E-state index in [1.807, 2.05) is 0 Å². The zero-order valence-electron chi connectivity index (χ0n) is 78.7. The summed E-state index contributed by atoms with van der Waals surface area (Å²) in [6.07, 6.45) is 2.01. The lowest BCUT2D eigenvalue weighted by atomic mass is 9.55. The van der Waals surface area contributed by atoms with Gasteiger partial charge in [-0.2, -0.15) is 0 Å². The van der Waals surface area contributed by atoms with Gasteiger partial charge in [0.1, 0.15) is 0 Å². The number of nitrogens with zero attached hydrogens (tertiary/aromatic N) is 2. The van der Waals surface area contributed by atoms with Crippen LogP contribution in [0.25, 0.3) is 111 Å². The molecule has 0 fully saturated rings. The van der Waals surface area contributed by atoms with Crippen LogP contribution in [0.15, 0.2) is 461 Å². The first-order chi connectivity index (χ1) is 67.0. The molecule has 6 aliphatic carbocycles. The fraction of sp³-hybridized carbons (Fsp3) is 0.111. The normalized spacial score (nSPS) is 14.5. The number of hydrogen-bond acceptors (Lipinski definition) is 2. The van der Waals surface area contributed by atoms with Crippen molar-refractivity contribution < 1.29 is 0 Å². The number of anilines is 6. The summed E-state index contributed by atoms with van der Waals surface area (Å²) >= 11 is 0. The van der Waals surface area contributed by atoms with Crippen LogP contribution in [-0.2, 0) is 39.9 Å². The summed E-state index contributed by atoms with van der Waals surface area (Å²) in [6.45, 7) is 19.0. The van der Waals surface area contributed by atoms with Crippen LogP contribution < -0.4 is 9.80 Å². The molecule has 654 valence electrons. The van der Waals surface area contributed by atoms with Gasteiger partial charge in [-0.1, -0.05) is 430 Å². The van der Waals surface area contributed by atoms with Gasteiger partial charge in [-0.05, 0) is 300 Å². The van der Waals surface area contributed by atoms with Crippen molar-refractivity contribution >= 4 is 34.1 Å². The largest absolute Gasteiger partial charge is 0.310 e. The second-order valence-corrected chi connectivity index (χ2v) is 40.1. The summed E-state index contributed by atoms with van der Waals surface area (Å²) in [6, 6.07) is 174. The summed E-state index contributed by atoms with van der Waals surface area (Å²) in [5.74, 6) is 0. The average Bonchev–Trinajstić information content (AvgIpc) is 1.53. The van der Waals surface area contributed by atoms with Crippen molar-refractivity contribution in [3.63, 3.8) is 0 Å². The molecule has 0 radical (unpaired) electrons. The number of rotatable bonds is 12. The predicted octanol–water partition coefficient (Wildman–Crippen LogP) is 35.0. The fourth-order valence-electron chi connectivity index (χ4n) is 25.2. The minimum atomic E-state index is -0.523. The minimum Gasteiger partial charge on any atom is -0.310 e. The van der Waals surface area contributed by atoms with Crippen LogP contribution in [0.4, 0.5) is 34.1 Å². The lowest BCUT2D eigenvalue weighted by Crippen LogP contribution is -2.40. The van der Waals surface area contributed by atoms with Crippen LogP contribution in [0.3, 0.4) is 0 Å². The Balaban J connectivity index is 0.000000146. The molecule has 0 unspecified atom stereocenters. The van der Waals surface area contributed by atoms with Crippen molar-refractivity contribution in [3.8, 4) is 111 Å². The smallest absolute Gasteiger partial charge is 0.0720 e. The number of hydrogen-bond donors (Lipinski definition) is 0. The maximum atomic E-state index is 2.59. The molecule has 0 atom stereocenters. The molecule has 137 heavy (non-hydrogen) atoms. The molecule has 26 rings (SSSR count). The first-order valence-corrected chi connectivity index (χ1v) is 48.7. The molecule has 2 spiro atoms. The quantitative estimate of drug-likeness (QED) is 0.120. The molecule has 0 bridgehead atoms. The summed E-state index contributed by atoms with van der Waals surface area (Å²) in [5, 5.41) is 0. The Hall–Kier alpha value is -16.0. The van der Waals surface area contributed by atoms with E-state index in [1.165, 1.54) is 223 Å². The van der Waals surface area contributed by atoms with Crippen LogP contribution >= 0.6 is 0 Å². The van der Waals surface area contributed by atoms with Gasteiger partial charge in [0.2, 0.25) is 0 Å². The molecule has 0 amide bonds. The molecule has 0 saturated carbocycles. The summed E-state index contributed by atoms with van der Waals surface area (Å²) in [5.41, 5.74) is 54.6. The summed E-state index contributed by atoms with van der Waals surface area (Å²) < 4.78 is 0. The highest BCUT2D eigenvalue weighted by atomic mass is 15.2. The molecular weight excluding hydrogens is 1650 g/mol. The Bertz CT molecular complexity index is 8140. The van der Waals surface area contributed by atoms with Crippen LogP contribution in [0.1, 0.15) is 142 Å². The SMILES string of the molecule is Cc1cc(-c2ccc(-c3ccccc3)cc2)cc(-c2ccccc2)c1N(c1ccc2c(c1)C(C)(C)c1ccccc1-2)c1ccc2c(c1)C1(c3ccccc3-2)c2ccccc2C(C)(C)c2ccccc21.Cc1cc(-c2ccc(-c3ccccc3)cc2)cc(-c2ccccc2)c1N(c1ccc2c(c1)C(C)(C)c1ccccc1-2)c1ccc2c(c1)C1(c3ccccc3CCc3ccccc31)c1ccccc1-2. The van der Waals surface area contributed by atoms with Gasteiger partial charge < -0.3 is 9.80 Å². The topological polar surface area (TPSA) is 6.48 Å². The number of benzene rings is 20. The lowest BCUT2D eigenvalue weighted by molar-refractivity contribution is 0.563. The van der Waals surface area contributed by atoms with Gasteiger partial charge in [-0.3, -0.25) is 0 Å². The molecule has 6 aliphatic rings. The van der Waals surface area contributed by atoms with Crippen LogP contribution in [0.2, 0.25) is 0 Å². The van der Waals surface area contributed by atoms with Crippen LogP contribution in [0.5, 0.6) is 0 Å². The van der Waals surface area contributed by atoms with E-state index in [0.29, 0.717) is 0 Å². The molecule has 2 heteroatoms. The zero-order chi connectivity index (χ0) is 92.2.